The minimum absolute atomic E-state index is 0.102. The molecule has 3 aromatic rings. The van der Waals surface area contributed by atoms with E-state index >= 15 is 0 Å². The van der Waals surface area contributed by atoms with Gasteiger partial charge in [0.05, 0.1) is 18.0 Å². The van der Waals surface area contributed by atoms with E-state index in [1.165, 1.54) is 6.08 Å². The molecule has 0 unspecified atom stereocenters. The Morgan fingerprint density at radius 1 is 1.05 bits per heavy atom. The van der Waals surface area contributed by atoms with E-state index in [1.54, 1.807) is 43.5 Å². The molecule has 1 saturated heterocycles. The first-order chi connectivity index (χ1) is 18.0. The van der Waals surface area contributed by atoms with Gasteiger partial charge in [0.15, 0.2) is 5.75 Å². The van der Waals surface area contributed by atoms with Crippen LogP contribution < -0.4 is 25.0 Å². The lowest BCUT2D eigenvalue weighted by Gasteiger charge is -2.35. The van der Waals surface area contributed by atoms with E-state index in [-0.39, 0.29) is 11.8 Å². The summed E-state index contributed by atoms with van der Waals surface area (Å²) in [7, 11) is 0. The molecule has 37 heavy (non-hydrogen) atoms. The van der Waals surface area contributed by atoms with Crippen molar-refractivity contribution in [2.45, 2.75) is 13.8 Å². The van der Waals surface area contributed by atoms with Gasteiger partial charge < -0.3 is 29.9 Å². The van der Waals surface area contributed by atoms with Crippen molar-refractivity contribution in [3.63, 3.8) is 0 Å². The summed E-state index contributed by atoms with van der Waals surface area (Å²) in [6.45, 7) is 10.4. The standard InChI is InChI=1S/C27H30N6O4/c1-4-25(35)29-21-8-6-7-9-23(21)37-26-12-13-28-27(31-26)30-22-11-10-20(18-24(22)36-5-2)33-16-14-32(15-17-33)19(3)34/h4,6-13,18H,1,5,14-17H2,2-3H3,(H,29,35)(H,28,30,31). The van der Waals surface area contributed by atoms with Crippen LogP contribution in [0.4, 0.5) is 23.0 Å². The Labute approximate surface area is 215 Å². The Morgan fingerprint density at radius 3 is 2.57 bits per heavy atom. The molecule has 1 fully saturated rings. The molecule has 192 valence electrons. The minimum Gasteiger partial charge on any atom is -0.492 e. The van der Waals surface area contributed by atoms with Crippen molar-refractivity contribution in [2.75, 3.05) is 48.3 Å². The highest BCUT2D eigenvalue weighted by atomic mass is 16.5. The molecule has 0 saturated carbocycles. The molecule has 0 atom stereocenters. The number of nitrogens with one attached hydrogen (secondary N) is 2. The highest BCUT2D eigenvalue weighted by molar-refractivity contribution is 5.99. The first-order valence-corrected chi connectivity index (χ1v) is 12.0. The van der Waals surface area contributed by atoms with Gasteiger partial charge in [-0.25, -0.2) is 4.98 Å². The van der Waals surface area contributed by atoms with Crippen molar-refractivity contribution in [1.82, 2.24) is 14.9 Å². The molecule has 1 aliphatic heterocycles. The zero-order valence-electron chi connectivity index (χ0n) is 20.9. The summed E-state index contributed by atoms with van der Waals surface area (Å²) in [4.78, 5) is 36.2. The number of ether oxygens (including phenoxy) is 2. The number of para-hydroxylation sites is 2. The maximum atomic E-state index is 11.7. The van der Waals surface area contributed by atoms with E-state index in [0.717, 1.165) is 18.8 Å². The largest absolute Gasteiger partial charge is 0.492 e. The van der Waals surface area contributed by atoms with Gasteiger partial charge in [-0.2, -0.15) is 4.98 Å². The molecule has 1 aliphatic rings. The molecule has 2 amide bonds. The molecule has 4 rings (SSSR count). The summed E-state index contributed by atoms with van der Waals surface area (Å²) < 4.78 is 11.8. The number of amides is 2. The third-order valence-electron chi connectivity index (χ3n) is 5.78. The van der Waals surface area contributed by atoms with E-state index in [1.807, 2.05) is 30.0 Å². The summed E-state index contributed by atoms with van der Waals surface area (Å²) in [6, 6.07) is 14.6. The molecule has 1 aromatic heterocycles. The third kappa shape index (κ3) is 6.54. The molecule has 0 bridgehead atoms. The quantitative estimate of drug-likeness (QED) is 0.419. The Bertz CT molecular complexity index is 1270. The molecule has 10 heteroatoms. The summed E-state index contributed by atoms with van der Waals surface area (Å²) >= 11 is 0. The van der Waals surface area contributed by atoms with Gasteiger partial charge in [0, 0.05) is 57.1 Å². The van der Waals surface area contributed by atoms with Gasteiger partial charge in [-0.05, 0) is 37.3 Å². The lowest BCUT2D eigenvalue weighted by atomic mass is 10.2. The van der Waals surface area contributed by atoms with Gasteiger partial charge in [-0.3, -0.25) is 9.59 Å². The molecule has 0 spiro atoms. The molecule has 0 radical (unpaired) electrons. The Kier molecular flexibility index (Phi) is 8.19. The van der Waals surface area contributed by atoms with Crippen molar-refractivity contribution >= 4 is 34.8 Å². The van der Waals surface area contributed by atoms with Crippen molar-refractivity contribution in [3.8, 4) is 17.4 Å². The number of rotatable bonds is 9. The van der Waals surface area contributed by atoms with Crippen molar-refractivity contribution in [2.24, 2.45) is 0 Å². The van der Waals surface area contributed by atoms with Crippen molar-refractivity contribution in [3.05, 3.63) is 67.4 Å². The van der Waals surface area contributed by atoms with Crippen LogP contribution >= 0.6 is 0 Å². The van der Waals surface area contributed by atoms with Crippen LogP contribution in [-0.4, -0.2) is 59.5 Å². The number of aromatic nitrogens is 2. The summed E-state index contributed by atoms with van der Waals surface area (Å²) in [6.07, 6.45) is 2.77. The highest BCUT2D eigenvalue weighted by Gasteiger charge is 2.20. The van der Waals surface area contributed by atoms with Gasteiger partial charge in [-0.15, -0.1) is 0 Å². The Balaban J connectivity index is 1.50. The summed E-state index contributed by atoms with van der Waals surface area (Å²) in [5, 5.41) is 5.93. The van der Waals surface area contributed by atoms with Crippen molar-refractivity contribution in [1.29, 1.82) is 0 Å². The topological polar surface area (TPSA) is 109 Å². The highest BCUT2D eigenvalue weighted by Crippen LogP contribution is 2.33. The van der Waals surface area contributed by atoms with Gasteiger partial charge >= 0.3 is 0 Å². The lowest BCUT2D eigenvalue weighted by Crippen LogP contribution is -2.48. The second-order valence-electron chi connectivity index (χ2n) is 8.24. The zero-order valence-corrected chi connectivity index (χ0v) is 20.9. The van der Waals surface area contributed by atoms with Crippen LogP contribution in [0.5, 0.6) is 17.4 Å². The fourth-order valence-corrected chi connectivity index (χ4v) is 3.90. The van der Waals surface area contributed by atoms with Crippen LogP contribution in [0, 0.1) is 0 Å². The predicted octanol–water partition coefficient (Wildman–Crippen LogP) is 4.20. The zero-order chi connectivity index (χ0) is 26.2. The average Bonchev–Trinajstić information content (AvgIpc) is 2.91. The average molecular weight is 503 g/mol. The minimum atomic E-state index is -0.339. The smallest absolute Gasteiger partial charge is 0.247 e. The van der Waals surface area contributed by atoms with Crippen LogP contribution in [0.1, 0.15) is 13.8 Å². The van der Waals surface area contributed by atoms with Crippen LogP contribution in [0.2, 0.25) is 0 Å². The molecule has 2 N–H and O–H groups in total. The van der Waals surface area contributed by atoms with Gasteiger partial charge in [0.1, 0.15) is 5.75 Å². The van der Waals surface area contributed by atoms with E-state index in [4.69, 9.17) is 9.47 Å². The van der Waals surface area contributed by atoms with Gasteiger partial charge in [-0.1, -0.05) is 18.7 Å². The van der Waals surface area contributed by atoms with Crippen LogP contribution in [0.15, 0.2) is 67.4 Å². The van der Waals surface area contributed by atoms with Crippen LogP contribution in [0.25, 0.3) is 0 Å². The summed E-state index contributed by atoms with van der Waals surface area (Å²) in [5.74, 6) is 1.50. The molecular weight excluding hydrogens is 472 g/mol. The number of piperazine rings is 1. The number of benzene rings is 2. The fraction of sp³-hybridized carbons (Fsp3) is 0.259. The van der Waals surface area contributed by atoms with Crippen LogP contribution in [-0.2, 0) is 9.59 Å². The first kappa shape index (κ1) is 25.5. The van der Waals surface area contributed by atoms with Gasteiger partial charge in [0.25, 0.3) is 0 Å². The lowest BCUT2D eigenvalue weighted by molar-refractivity contribution is -0.129. The SMILES string of the molecule is C=CC(=O)Nc1ccccc1Oc1ccnc(Nc2ccc(N3CCN(C(C)=O)CC3)cc2OCC)n1. The second kappa shape index (κ2) is 11.9. The number of anilines is 4. The molecule has 2 aromatic carbocycles. The monoisotopic (exact) mass is 502 g/mol. The summed E-state index contributed by atoms with van der Waals surface area (Å²) in [5.41, 5.74) is 2.23. The molecule has 0 aliphatic carbocycles. The number of carbonyl (C=O) groups excluding carboxylic acids is 2. The number of carbonyl (C=O) groups is 2. The van der Waals surface area contributed by atoms with Gasteiger partial charge in [0.2, 0.25) is 23.6 Å². The number of nitrogens with zero attached hydrogens (tertiary/aromatic N) is 4. The maximum absolute atomic E-state index is 11.7. The number of hydrogen-bond acceptors (Lipinski definition) is 8. The molecule has 10 nitrogen and oxygen atoms in total. The van der Waals surface area contributed by atoms with E-state index in [9.17, 15) is 9.59 Å². The normalized spacial score (nSPS) is 13.0. The first-order valence-electron chi connectivity index (χ1n) is 12.0. The maximum Gasteiger partial charge on any atom is 0.247 e. The molecular formula is C27H30N6O4. The Morgan fingerprint density at radius 2 is 1.84 bits per heavy atom. The van der Waals surface area contributed by atoms with Crippen LogP contribution in [0.3, 0.4) is 0 Å². The second-order valence-corrected chi connectivity index (χ2v) is 8.24. The van der Waals surface area contributed by atoms with E-state index < -0.39 is 0 Å². The van der Waals surface area contributed by atoms with E-state index in [2.05, 4.69) is 32.1 Å². The molecule has 2 heterocycles. The third-order valence-corrected chi connectivity index (χ3v) is 5.78. The Hall–Kier alpha value is -4.60. The van der Waals surface area contributed by atoms with Crippen molar-refractivity contribution < 1.29 is 19.1 Å². The van der Waals surface area contributed by atoms with E-state index in [0.29, 0.717) is 54.4 Å². The predicted molar refractivity (Wildman–Crippen MR) is 143 cm³/mol. The number of hydrogen-bond donors (Lipinski definition) is 2. The fourth-order valence-electron chi connectivity index (χ4n) is 3.90.